The maximum atomic E-state index is 13.3. The van der Waals surface area contributed by atoms with E-state index in [1.165, 1.54) is 22.3 Å². The van der Waals surface area contributed by atoms with Crippen molar-refractivity contribution in [3.05, 3.63) is 94.3 Å². The van der Waals surface area contributed by atoms with Crippen LogP contribution in [0.1, 0.15) is 57.6 Å². The molecule has 1 aliphatic carbocycles. The molecule has 0 bridgehead atoms. The summed E-state index contributed by atoms with van der Waals surface area (Å²) in [6.45, 7) is 6.03. The summed E-state index contributed by atoms with van der Waals surface area (Å²) >= 11 is 0. The molecular weight excluding hydrogens is 420 g/mol. The number of pyridine rings is 1. The number of carbonyl (C=O) groups excluding carboxylic acids is 1. The Morgan fingerprint density at radius 1 is 1.00 bits per heavy atom. The second kappa shape index (κ2) is 9.61. The quantitative estimate of drug-likeness (QED) is 0.444. The van der Waals surface area contributed by atoms with Crippen LogP contribution in [0.4, 0.5) is 0 Å². The van der Waals surface area contributed by atoms with Crippen LogP contribution < -0.4 is 4.74 Å². The first-order valence-electron chi connectivity index (χ1n) is 12.5. The van der Waals surface area contributed by atoms with Gasteiger partial charge in [-0.05, 0) is 96.5 Å². The lowest BCUT2D eigenvalue weighted by Crippen LogP contribution is -2.31. The predicted octanol–water partition coefficient (Wildman–Crippen LogP) is 5.62. The first kappa shape index (κ1) is 22.6. The Morgan fingerprint density at radius 3 is 2.41 bits per heavy atom. The number of benzene rings is 2. The summed E-state index contributed by atoms with van der Waals surface area (Å²) < 4.78 is 5.28. The molecule has 0 spiro atoms. The van der Waals surface area contributed by atoms with Crippen molar-refractivity contribution in [1.29, 1.82) is 0 Å². The second-order valence-electron chi connectivity index (χ2n) is 9.89. The number of nitrogens with zero attached hydrogens (tertiary/aromatic N) is 2. The summed E-state index contributed by atoms with van der Waals surface area (Å²) in [7, 11) is 1.70. The first-order chi connectivity index (χ1) is 16.6. The highest BCUT2D eigenvalue weighted by Crippen LogP contribution is 2.58. The van der Waals surface area contributed by atoms with E-state index in [1.807, 2.05) is 24.4 Å². The number of amides is 1. The fourth-order valence-electron chi connectivity index (χ4n) is 5.56. The minimum Gasteiger partial charge on any atom is -0.497 e. The summed E-state index contributed by atoms with van der Waals surface area (Å²) in [6.07, 6.45) is 6.02. The van der Waals surface area contributed by atoms with Gasteiger partial charge in [0.05, 0.1) is 7.11 Å². The number of fused-ring (bicyclic) bond motifs is 1. The fourth-order valence-corrected chi connectivity index (χ4v) is 5.56. The molecule has 1 saturated heterocycles. The Kier molecular flexibility index (Phi) is 6.40. The van der Waals surface area contributed by atoms with E-state index in [0.717, 1.165) is 55.8 Å². The van der Waals surface area contributed by atoms with E-state index >= 15 is 0 Å². The molecule has 2 aliphatic rings. The van der Waals surface area contributed by atoms with Crippen molar-refractivity contribution in [3.63, 3.8) is 0 Å². The minimum absolute atomic E-state index is 0.174. The third-order valence-corrected chi connectivity index (χ3v) is 7.65. The minimum atomic E-state index is 0.174. The van der Waals surface area contributed by atoms with Crippen LogP contribution in [-0.4, -0.2) is 36.0 Å². The van der Waals surface area contributed by atoms with Crippen LogP contribution in [0, 0.1) is 18.8 Å². The summed E-state index contributed by atoms with van der Waals surface area (Å²) in [5.74, 6) is 2.83. The summed E-state index contributed by atoms with van der Waals surface area (Å²) in [6, 6.07) is 19.0. The summed E-state index contributed by atoms with van der Waals surface area (Å²) in [5.41, 5.74) is 7.10. The van der Waals surface area contributed by atoms with Crippen LogP contribution in [0.2, 0.25) is 0 Å². The van der Waals surface area contributed by atoms with E-state index in [2.05, 4.69) is 60.1 Å². The molecule has 1 aromatic heterocycles. The normalized spacial score (nSPS) is 20.8. The lowest BCUT2D eigenvalue weighted by atomic mass is 9.98. The summed E-state index contributed by atoms with van der Waals surface area (Å²) in [4.78, 5) is 19.9. The van der Waals surface area contributed by atoms with Gasteiger partial charge >= 0.3 is 0 Å². The molecular formula is C30H34N2O2. The van der Waals surface area contributed by atoms with Crippen LogP contribution in [0.3, 0.4) is 0 Å². The van der Waals surface area contributed by atoms with E-state index < -0.39 is 0 Å². The van der Waals surface area contributed by atoms with Crippen LogP contribution in [0.15, 0.2) is 60.8 Å². The SMILES string of the molecule is CCCc1ccc(CCc2cc(C(=O)N3C[C@@H]4C(c5ccc(OC)cc5)[C@@H]4C3)ccc2C)cn1. The Morgan fingerprint density at radius 2 is 1.76 bits per heavy atom. The lowest BCUT2D eigenvalue weighted by molar-refractivity contribution is 0.0772. The number of aromatic nitrogens is 1. The average molecular weight is 455 g/mol. The number of methoxy groups -OCH3 is 1. The first-order valence-corrected chi connectivity index (χ1v) is 12.5. The van der Waals surface area contributed by atoms with Crippen LogP contribution >= 0.6 is 0 Å². The molecule has 0 N–H and O–H groups in total. The van der Waals surface area contributed by atoms with Gasteiger partial charge in [-0.2, -0.15) is 0 Å². The third kappa shape index (κ3) is 4.59. The monoisotopic (exact) mass is 454 g/mol. The van der Waals surface area contributed by atoms with E-state index in [9.17, 15) is 4.79 Å². The second-order valence-corrected chi connectivity index (χ2v) is 9.89. The van der Waals surface area contributed by atoms with Crippen LogP contribution in [0.25, 0.3) is 0 Å². The molecule has 176 valence electrons. The molecule has 1 amide bonds. The van der Waals surface area contributed by atoms with Gasteiger partial charge in [-0.15, -0.1) is 0 Å². The molecule has 34 heavy (non-hydrogen) atoms. The number of likely N-dealkylation sites (tertiary alicyclic amines) is 1. The third-order valence-electron chi connectivity index (χ3n) is 7.65. The zero-order chi connectivity index (χ0) is 23.7. The standard InChI is InChI=1S/C30H34N2O2/c1-4-5-25-13-8-21(17-31-25)7-10-23-16-24(9-6-20(23)2)30(33)32-18-27-28(19-32)29(27)22-11-14-26(34-3)15-12-22/h6,8-9,11-17,27-29H,4-5,7,10,18-19H2,1-3H3/t27-,28+,29?. The van der Waals surface area contributed by atoms with Crippen molar-refractivity contribution in [3.8, 4) is 5.75 Å². The van der Waals surface area contributed by atoms with Gasteiger partial charge in [0.15, 0.2) is 0 Å². The molecule has 1 unspecified atom stereocenters. The Labute approximate surface area is 203 Å². The van der Waals surface area contributed by atoms with Crippen LogP contribution in [0.5, 0.6) is 5.75 Å². The van der Waals surface area contributed by atoms with E-state index in [-0.39, 0.29) is 5.91 Å². The van der Waals surface area contributed by atoms with Crippen molar-refractivity contribution < 1.29 is 9.53 Å². The van der Waals surface area contributed by atoms with Crippen molar-refractivity contribution in [2.45, 2.75) is 45.4 Å². The smallest absolute Gasteiger partial charge is 0.253 e. The maximum absolute atomic E-state index is 13.3. The Hall–Kier alpha value is -3.14. The molecule has 3 aromatic rings. The zero-order valence-corrected chi connectivity index (χ0v) is 20.5. The fraction of sp³-hybridized carbons (Fsp3) is 0.400. The van der Waals surface area contributed by atoms with E-state index in [0.29, 0.717) is 17.8 Å². The molecule has 1 saturated carbocycles. The average Bonchev–Trinajstić information content (AvgIpc) is 3.36. The number of piperidine rings is 1. The molecule has 4 heteroatoms. The van der Waals surface area contributed by atoms with Gasteiger partial charge in [0.2, 0.25) is 0 Å². The molecule has 1 aliphatic heterocycles. The number of hydrogen-bond acceptors (Lipinski definition) is 3. The van der Waals surface area contributed by atoms with Gasteiger partial charge in [0, 0.05) is 30.5 Å². The lowest BCUT2D eigenvalue weighted by Gasteiger charge is -2.21. The van der Waals surface area contributed by atoms with Crippen molar-refractivity contribution in [2.75, 3.05) is 20.2 Å². The number of rotatable bonds is 8. The molecule has 2 aromatic carbocycles. The highest BCUT2D eigenvalue weighted by Gasteiger charge is 2.57. The van der Waals surface area contributed by atoms with Crippen LogP contribution in [-0.2, 0) is 19.3 Å². The highest BCUT2D eigenvalue weighted by atomic mass is 16.5. The van der Waals surface area contributed by atoms with Gasteiger partial charge in [-0.1, -0.05) is 37.6 Å². The van der Waals surface area contributed by atoms with E-state index in [4.69, 9.17) is 4.74 Å². The van der Waals surface area contributed by atoms with Crippen molar-refractivity contribution in [2.24, 2.45) is 11.8 Å². The molecule has 2 heterocycles. The largest absolute Gasteiger partial charge is 0.497 e. The number of hydrogen-bond donors (Lipinski definition) is 0. The molecule has 4 nitrogen and oxygen atoms in total. The zero-order valence-electron chi connectivity index (χ0n) is 20.5. The molecule has 5 rings (SSSR count). The highest BCUT2D eigenvalue weighted by molar-refractivity contribution is 5.95. The van der Waals surface area contributed by atoms with Gasteiger partial charge in [-0.3, -0.25) is 9.78 Å². The van der Waals surface area contributed by atoms with Gasteiger partial charge in [0.1, 0.15) is 5.75 Å². The number of carbonyl (C=O) groups is 1. The number of ether oxygens (including phenoxy) is 1. The number of aryl methyl sites for hydroxylation is 4. The Bertz CT molecular complexity index is 1140. The van der Waals surface area contributed by atoms with Crippen molar-refractivity contribution in [1.82, 2.24) is 9.88 Å². The van der Waals surface area contributed by atoms with E-state index in [1.54, 1.807) is 7.11 Å². The van der Waals surface area contributed by atoms with Gasteiger partial charge < -0.3 is 9.64 Å². The molecule has 2 fully saturated rings. The molecule has 0 radical (unpaired) electrons. The summed E-state index contributed by atoms with van der Waals surface area (Å²) in [5, 5.41) is 0. The van der Waals surface area contributed by atoms with Gasteiger partial charge in [-0.25, -0.2) is 0 Å². The predicted molar refractivity (Wildman–Crippen MR) is 135 cm³/mol. The van der Waals surface area contributed by atoms with Crippen molar-refractivity contribution >= 4 is 5.91 Å². The van der Waals surface area contributed by atoms with Gasteiger partial charge in [0.25, 0.3) is 5.91 Å². The topological polar surface area (TPSA) is 42.4 Å². The Balaban J connectivity index is 1.19. The maximum Gasteiger partial charge on any atom is 0.253 e. The molecule has 3 atom stereocenters.